The zero-order valence-electron chi connectivity index (χ0n) is 14.5. The molecule has 1 atom stereocenters. The van der Waals surface area contributed by atoms with Gasteiger partial charge in [-0.1, -0.05) is 13.0 Å². The van der Waals surface area contributed by atoms with Crippen molar-refractivity contribution in [2.24, 2.45) is 5.92 Å². The first-order valence-electron chi connectivity index (χ1n) is 8.48. The van der Waals surface area contributed by atoms with Crippen molar-refractivity contribution < 1.29 is 9.53 Å². The van der Waals surface area contributed by atoms with Crippen LogP contribution in [-0.4, -0.2) is 40.4 Å². The SMILES string of the molecule is CCOC(=O)c1cnn(Cc2ccc(N3CCC(C)C3)nc2C)c1. The largest absolute Gasteiger partial charge is 0.462 e. The number of rotatable bonds is 5. The molecule has 2 aromatic heterocycles. The number of hydrogen-bond donors (Lipinski definition) is 0. The minimum absolute atomic E-state index is 0.336. The second-order valence-electron chi connectivity index (χ2n) is 6.40. The van der Waals surface area contributed by atoms with Crippen LogP contribution < -0.4 is 4.90 Å². The Balaban J connectivity index is 1.70. The molecule has 6 heteroatoms. The number of esters is 1. The average Bonchev–Trinajstić information content (AvgIpc) is 3.19. The summed E-state index contributed by atoms with van der Waals surface area (Å²) in [7, 11) is 0. The van der Waals surface area contributed by atoms with Gasteiger partial charge in [0.05, 0.1) is 24.9 Å². The van der Waals surface area contributed by atoms with Crippen molar-refractivity contribution >= 4 is 11.8 Å². The molecule has 24 heavy (non-hydrogen) atoms. The lowest BCUT2D eigenvalue weighted by Crippen LogP contribution is -2.20. The molecule has 1 aliphatic heterocycles. The highest BCUT2D eigenvalue weighted by Gasteiger charge is 2.20. The molecule has 1 saturated heterocycles. The van der Waals surface area contributed by atoms with E-state index in [1.54, 1.807) is 24.0 Å². The number of anilines is 1. The van der Waals surface area contributed by atoms with Gasteiger partial charge >= 0.3 is 5.97 Å². The van der Waals surface area contributed by atoms with Gasteiger partial charge in [-0.25, -0.2) is 9.78 Å². The average molecular weight is 328 g/mol. The monoisotopic (exact) mass is 328 g/mol. The Morgan fingerprint density at radius 1 is 1.42 bits per heavy atom. The van der Waals surface area contributed by atoms with Crippen molar-refractivity contribution in [1.82, 2.24) is 14.8 Å². The summed E-state index contributed by atoms with van der Waals surface area (Å²) in [6.07, 6.45) is 4.49. The molecule has 1 unspecified atom stereocenters. The van der Waals surface area contributed by atoms with Crippen molar-refractivity contribution in [2.75, 3.05) is 24.6 Å². The van der Waals surface area contributed by atoms with Crippen molar-refractivity contribution in [1.29, 1.82) is 0 Å². The van der Waals surface area contributed by atoms with Crippen LogP contribution in [0.5, 0.6) is 0 Å². The highest BCUT2D eigenvalue weighted by molar-refractivity contribution is 5.88. The van der Waals surface area contributed by atoms with Gasteiger partial charge in [0.25, 0.3) is 0 Å². The van der Waals surface area contributed by atoms with E-state index >= 15 is 0 Å². The normalized spacial score (nSPS) is 17.3. The predicted octanol–water partition coefficient (Wildman–Crippen LogP) is 2.66. The van der Waals surface area contributed by atoms with Crippen LogP contribution in [0.2, 0.25) is 0 Å². The van der Waals surface area contributed by atoms with Crippen molar-refractivity contribution in [3.05, 3.63) is 41.3 Å². The smallest absolute Gasteiger partial charge is 0.341 e. The molecule has 1 aliphatic rings. The number of hydrogen-bond acceptors (Lipinski definition) is 5. The van der Waals surface area contributed by atoms with Crippen LogP contribution >= 0.6 is 0 Å². The molecule has 0 aliphatic carbocycles. The van der Waals surface area contributed by atoms with Crippen LogP contribution in [0.15, 0.2) is 24.5 Å². The van der Waals surface area contributed by atoms with Crippen LogP contribution in [0, 0.1) is 12.8 Å². The van der Waals surface area contributed by atoms with Crippen LogP contribution in [0.25, 0.3) is 0 Å². The molecule has 128 valence electrons. The molecule has 3 rings (SSSR count). The summed E-state index contributed by atoms with van der Waals surface area (Å²) in [5.74, 6) is 1.45. The molecule has 2 aromatic rings. The molecule has 3 heterocycles. The number of aryl methyl sites for hydroxylation is 1. The lowest BCUT2D eigenvalue weighted by Gasteiger charge is -2.18. The molecule has 0 amide bonds. The molecule has 0 bridgehead atoms. The number of carbonyl (C=O) groups excluding carboxylic acids is 1. The van der Waals surface area contributed by atoms with E-state index < -0.39 is 0 Å². The van der Waals surface area contributed by atoms with Crippen LogP contribution in [0.3, 0.4) is 0 Å². The number of nitrogens with zero attached hydrogens (tertiary/aromatic N) is 4. The first kappa shape index (κ1) is 16.5. The summed E-state index contributed by atoms with van der Waals surface area (Å²) in [5, 5.41) is 4.24. The maximum Gasteiger partial charge on any atom is 0.341 e. The minimum Gasteiger partial charge on any atom is -0.462 e. The van der Waals surface area contributed by atoms with Gasteiger partial charge in [-0.3, -0.25) is 4.68 Å². The minimum atomic E-state index is -0.336. The third-order valence-corrected chi connectivity index (χ3v) is 4.41. The molecule has 6 nitrogen and oxygen atoms in total. The first-order chi connectivity index (χ1) is 11.6. The molecule has 0 aromatic carbocycles. The Bertz CT molecular complexity index is 726. The lowest BCUT2D eigenvalue weighted by molar-refractivity contribution is 0.0526. The van der Waals surface area contributed by atoms with Crippen LogP contribution in [0.4, 0.5) is 5.82 Å². The van der Waals surface area contributed by atoms with Gasteiger partial charge in [0.2, 0.25) is 0 Å². The van der Waals surface area contributed by atoms with E-state index in [4.69, 9.17) is 9.72 Å². The second-order valence-corrected chi connectivity index (χ2v) is 6.40. The van der Waals surface area contributed by atoms with E-state index in [9.17, 15) is 4.79 Å². The highest BCUT2D eigenvalue weighted by Crippen LogP contribution is 2.23. The van der Waals surface area contributed by atoms with Gasteiger partial charge < -0.3 is 9.64 Å². The maximum atomic E-state index is 11.7. The zero-order chi connectivity index (χ0) is 17.1. The number of pyridine rings is 1. The quantitative estimate of drug-likeness (QED) is 0.790. The lowest BCUT2D eigenvalue weighted by atomic mass is 10.2. The zero-order valence-corrected chi connectivity index (χ0v) is 14.5. The summed E-state index contributed by atoms with van der Waals surface area (Å²) >= 11 is 0. The predicted molar refractivity (Wildman–Crippen MR) is 92.3 cm³/mol. The van der Waals surface area contributed by atoms with Gasteiger partial charge in [-0.2, -0.15) is 5.10 Å². The van der Waals surface area contributed by atoms with Gasteiger partial charge in [0.1, 0.15) is 5.82 Å². The molecule has 0 saturated carbocycles. The molecular formula is C18H24N4O2. The number of carbonyl (C=O) groups is 1. The Morgan fingerprint density at radius 3 is 2.92 bits per heavy atom. The maximum absolute atomic E-state index is 11.7. The summed E-state index contributed by atoms with van der Waals surface area (Å²) in [6.45, 7) is 9.20. The Hall–Kier alpha value is -2.37. The van der Waals surface area contributed by atoms with Crippen molar-refractivity contribution in [3.63, 3.8) is 0 Å². The standard InChI is InChI=1S/C18H24N4O2/c1-4-24-18(23)16-9-19-22(12-16)11-15-5-6-17(20-14(15)3)21-8-7-13(2)10-21/h5-6,9,12-13H,4,7-8,10-11H2,1-3H3. The highest BCUT2D eigenvalue weighted by atomic mass is 16.5. The van der Waals surface area contributed by atoms with Crippen molar-refractivity contribution in [3.8, 4) is 0 Å². The number of ether oxygens (including phenoxy) is 1. The van der Waals surface area contributed by atoms with Crippen molar-refractivity contribution in [2.45, 2.75) is 33.7 Å². The summed E-state index contributed by atoms with van der Waals surface area (Å²) in [5.41, 5.74) is 2.58. The van der Waals surface area contributed by atoms with E-state index in [2.05, 4.69) is 29.1 Å². The summed E-state index contributed by atoms with van der Waals surface area (Å²) < 4.78 is 6.73. The van der Waals surface area contributed by atoms with Gasteiger partial charge in [0.15, 0.2) is 0 Å². The Labute approximate surface area is 142 Å². The fourth-order valence-electron chi connectivity index (χ4n) is 3.01. The Kier molecular flexibility index (Phi) is 4.83. The molecule has 0 radical (unpaired) electrons. The van der Waals surface area contributed by atoms with E-state index in [-0.39, 0.29) is 5.97 Å². The van der Waals surface area contributed by atoms with Gasteiger partial charge in [0, 0.05) is 25.0 Å². The third kappa shape index (κ3) is 3.58. The first-order valence-corrected chi connectivity index (χ1v) is 8.48. The van der Waals surface area contributed by atoms with E-state index in [0.29, 0.717) is 18.7 Å². The molecule has 0 N–H and O–H groups in total. The fourth-order valence-corrected chi connectivity index (χ4v) is 3.01. The third-order valence-electron chi connectivity index (χ3n) is 4.41. The van der Waals surface area contributed by atoms with Gasteiger partial charge in [-0.05, 0) is 37.8 Å². The molecule has 1 fully saturated rings. The van der Waals surface area contributed by atoms with Crippen LogP contribution in [-0.2, 0) is 11.3 Å². The molecular weight excluding hydrogens is 304 g/mol. The van der Waals surface area contributed by atoms with Gasteiger partial charge in [-0.15, -0.1) is 0 Å². The van der Waals surface area contributed by atoms with Crippen LogP contribution in [0.1, 0.15) is 41.9 Å². The Morgan fingerprint density at radius 2 is 2.25 bits per heavy atom. The molecule has 0 spiro atoms. The fraction of sp³-hybridized carbons (Fsp3) is 0.500. The number of aromatic nitrogens is 3. The van der Waals surface area contributed by atoms with E-state index in [1.807, 2.05) is 6.92 Å². The van der Waals surface area contributed by atoms with E-state index in [1.165, 1.54) is 6.42 Å². The second kappa shape index (κ2) is 7.03. The summed E-state index contributed by atoms with van der Waals surface area (Å²) in [4.78, 5) is 18.8. The topological polar surface area (TPSA) is 60.2 Å². The summed E-state index contributed by atoms with van der Waals surface area (Å²) in [6, 6.07) is 4.18. The van der Waals surface area contributed by atoms with E-state index in [0.717, 1.165) is 36.1 Å².